The number of rotatable bonds is 5. The summed E-state index contributed by atoms with van der Waals surface area (Å²) < 4.78 is 13.5. The van der Waals surface area contributed by atoms with Crippen molar-refractivity contribution in [2.75, 3.05) is 12.4 Å². The van der Waals surface area contributed by atoms with Crippen LogP contribution in [0, 0.1) is 0 Å². The van der Waals surface area contributed by atoms with Crippen LogP contribution in [0.25, 0.3) is 0 Å². The summed E-state index contributed by atoms with van der Waals surface area (Å²) in [6.07, 6.45) is 0. The molecule has 0 spiro atoms. The average molecular weight is 456 g/mol. The Morgan fingerprint density at radius 3 is 2.79 bits per heavy atom. The van der Waals surface area contributed by atoms with Gasteiger partial charge >= 0.3 is 5.97 Å². The summed E-state index contributed by atoms with van der Waals surface area (Å²) in [4.78, 5) is 12.6. The molecule has 148 valence electrons. The first-order valence-electron chi connectivity index (χ1n) is 8.88. The molecule has 29 heavy (non-hydrogen) atoms. The zero-order valence-electron chi connectivity index (χ0n) is 15.8. The van der Waals surface area contributed by atoms with Gasteiger partial charge in [0.1, 0.15) is 18.4 Å². The number of anilines is 1. The Hall–Kier alpha value is -3.20. The van der Waals surface area contributed by atoms with Gasteiger partial charge in [0.05, 0.1) is 12.7 Å². The summed E-state index contributed by atoms with van der Waals surface area (Å²) in [5.41, 5.74) is 2.81. The van der Waals surface area contributed by atoms with Crippen molar-refractivity contribution in [1.29, 1.82) is 0 Å². The maximum absolute atomic E-state index is 12.6. The zero-order chi connectivity index (χ0) is 20.4. The van der Waals surface area contributed by atoms with Crippen molar-refractivity contribution in [3.05, 3.63) is 75.4 Å². The van der Waals surface area contributed by atoms with Crippen molar-refractivity contribution in [2.45, 2.75) is 19.6 Å². The first-order valence-corrected chi connectivity index (χ1v) is 9.68. The molecule has 2 aromatic carbocycles. The van der Waals surface area contributed by atoms with E-state index in [-0.39, 0.29) is 0 Å². The largest absolute Gasteiger partial charge is 0.489 e. The maximum atomic E-state index is 12.6. The van der Waals surface area contributed by atoms with E-state index in [9.17, 15) is 4.79 Å². The number of nitrogens with zero attached hydrogens (tertiary/aromatic N) is 4. The molecule has 0 bridgehead atoms. The standard InChI is InChI=1S/C20H18BrN5O3/c1-12-17(19(27)28-2)18(26-20(22-12)23-24-25-26)15-10-14(21)8-9-16(15)29-11-13-6-4-3-5-7-13/h3-10,18H,11H2,1-2H3,(H,22,23,25)/t18-/m0/s1. The van der Waals surface area contributed by atoms with Gasteiger partial charge in [-0.2, -0.15) is 4.68 Å². The van der Waals surface area contributed by atoms with Gasteiger partial charge in [-0.05, 0) is 41.1 Å². The lowest BCUT2D eigenvalue weighted by Crippen LogP contribution is -2.29. The molecular weight excluding hydrogens is 438 g/mol. The molecule has 1 aliphatic heterocycles. The van der Waals surface area contributed by atoms with Crippen LogP contribution in [0.4, 0.5) is 5.95 Å². The fraction of sp³-hybridized carbons (Fsp3) is 0.200. The molecule has 8 nitrogen and oxygen atoms in total. The van der Waals surface area contributed by atoms with Crippen LogP contribution in [0.2, 0.25) is 0 Å². The number of nitrogens with one attached hydrogen (secondary N) is 1. The molecule has 4 rings (SSSR count). The first kappa shape index (κ1) is 19.1. The minimum atomic E-state index is -0.600. The number of benzene rings is 2. The van der Waals surface area contributed by atoms with Crippen molar-refractivity contribution >= 4 is 27.8 Å². The number of aromatic nitrogens is 4. The summed E-state index contributed by atoms with van der Waals surface area (Å²) in [6, 6.07) is 14.9. The molecule has 9 heteroatoms. The minimum absolute atomic E-state index is 0.388. The van der Waals surface area contributed by atoms with E-state index < -0.39 is 12.0 Å². The Labute approximate surface area is 175 Å². The van der Waals surface area contributed by atoms with Gasteiger partial charge in [0.2, 0.25) is 5.95 Å². The van der Waals surface area contributed by atoms with Crippen LogP contribution in [0.3, 0.4) is 0 Å². The number of carbonyl (C=O) groups is 1. The third-order valence-electron chi connectivity index (χ3n) is 4.62. The third-order valence-corrected chi connectivity index (χ3v) is 5.12. The number of tetrazole rings is 1. The molecule has 1 aliphatic rings. The molecule has 1 N–H and O–H groups in total. The predicted octanol–water partition coefficient (Wildman–Crippen LogP) is 3.48. The van der Waals surface area contributed by atoms with Crippen LogP contribution in [0.1, 0.15) is 24.1 Å². The highest BCUT2D eigenvalue weighted by atomic mass is 79.9. The van der Waals surface area contributed by atoms with Gasteiger partial charge in [-0.25, -0.2) is 4.79 Å². The highest BCUT2D eigenvalue weighted by molar-refractivity contribution is 9.10. The highest BCUT2D eigenvalue weighted by Gasteiger charge is 2.36. The second-order valence-corrected chi connectivity index (χ2v) is 7.38. The summed E-state index contributed by atoms with van der Waals surface area (Å²) >= 11 is 3.51. The van der Waals surface area contributed by atoms with E-state index in [1.54, 1.807) is 11.6 Å². The van der Waals surface area contributed by atoms with Crippen molar-refractivity contribution in [1.82, 2.24) is 20.2 Å². The van der Waals surface area contributed by atoms with Crippen molar-refractivity contribution in [3.63, 3.8) is 0 Å². The fourth-order valence-corrected chi connectivity index (χ4v) is 3.65. The molecule has 2 heterocycles. The van der Waals surface area contributed by atoms with Gasteiger partial charge in [-0.1, -0.05) is 51.4 Å². The number of hydrogen-bond acceptors (Lipinski definition) is 7. The van der Waals surface area contributed by atoms with Crippen LogP contribution in [-0.2, 0) is 16.1 Å². The Bertz CT molecular complexity index is 1080. The summed E-state index contributed by atoms with van der Waals surface area (Å²) in [5.74, 6) is 0.601. The van der Waals surface area contributed by atoms with Gasteiger partial charge in [0, 0.05) is 15.7 Å². The Morgan fingerprint density at radius 2 is 2.03 bits per heavy atom. The fourth-order valence-electron chi connectivity index (χ4n) is 3.27. The summed E-state index contributed by atoms with van der Waals surface area (Å²) in [5, 5.41) is 14.9. The molecule has 0 saturated heterocycles. The Balaban J connectivity index is 1.80. The van der Waals surface area contributed by atoms with Gasteiger partial charge < -0.3 is 14.8 Å². The lowest BCUT2D eigenvalue weighted by atomic mass is 9.95. The number of fused-ring (bicyclic) bond motifs is 1. The molecule has 0 aliphatic carbocycles. The average Bonchev–Trinajstić information content (AvgIpc) is 3.20. The molecule has 1 aromatic heterocycles. The summed E-state index contributed by atoms with van der Waals surface area (Å²) in [7, 11) is 1.35. The molecule has 3 aromatic rings. The lowest BCUT2D eigenvalue weighted by molar-refractivity contribution is -0.136. The molecule has 1 atom stereocenters. The van der Waals surface area contributed by atoms with E-state index in [1.165, 1.54) is 7.11 Å². The molecule has 0 fully saturated rings. The quantitative estimate of drug-likeness (QED) is 0.588. The van der Waals surface area contributed by atoms with E-state index in [0.717, 1.165) is 15.6 Å². The highest BCUT2D eigenvalue weighted by Crippen LogP contribution is 2.40. The van der Waals surface area contributed by atoms with Gasteiger partial charge in [-0.3, -0.25) is 0 Å². The minimum Gasteiger partial charge on any atom is -0.489 e. The van der Waals surface area contributed by atoms with E-state index in [4.69, 9.17) is 9.47 Å². The lowest BCUT2D eigenvalue weighted by Gasteiger charge is -2.28. The first-order chi connectivity index (χ1) is 14.1. The van der Waals surface area contributed by atoms with Crippen LogP contribution in [0.15, 0.2) is 64.3 Å². The summed E-state index contributed by atoms with van der Waals surface area (Å²) in [6.45, 7) is 2.18. The number of halogens is 1. The number of hydrogen-bond donors (Lipinski definition) is 1. The Kier molecular flexibility index (Phi) is 5.30. The maximum Gasteiger partial charge on any atom is 0.338 e. The number of ether oxygens (including phenoxy) is 2. The van der Waals surface area contributed by atoms with Gasteiger partial charge in [-0.15, -0.1) is 0 Å². The van der Waals surface area contributed by atoms with Crippen molar-refractivity contribution in [2.24, 2.45) is 0 Å². The van der Waals surface area contributed by atoms with Crippen LogP contribution in [0.5, 0.6) is 5.75 Å². The molecule has 0 saturated carbocycles. The topological polar surface area (TPSA) is 91.2 Å². The molecule has 0 unspecified atom stereocenters. The zero-order valence-corrected chi connectivity index (χ0v) is 17.4. The smallest absolute Gasteiger partial charge is 0.338 e. The number of methoxy groups -OCH3 is 1. The van der Waals surface area contributed by atoms with E-state index in [0.29, 0.717) is 29.6 Å². The van der Waals surface area contributed by atoms with Crippen LogP contribution >= 0.6 is 15.9 Å². The van der Waals surface area contributed by atoms with E-state index in [2.05, 4.69) is 36.8 Å². The Morgan fingerprint density at radius 1 is 1.24 bits per heavy atom. The van der Waals surface area contributed by atoms with Crippen molar-refractivity contribution in [3.8, 4) is 5.75 Å². The van der Waals surface area contributed by atoms with Crippen LogP contribution < -0.4 is 10.1 Å². The van der Waals surface area contributed by atoms with Gasteiger partial charge in [0.15, 0.2) is 0 Å². The molecular formula is C20H18BrN5O3. The van der Waals surface area contributed by atoms with Crippen molar-refractivity contribution < 1.29 is 14.3 Å². The number of allylic oxidation sites excluding steroid dienone is 1. The second-order valence-electron chi connectivity index (χ2n) is 6.46. The third kappa shape index (κ3) is 3.73. The van der Waals surface area contributed by atoms with E-state index in [1.807, 2.05) is 48.5 Å². The van der Waals surface area contributed by atoms with Gasteiger partial charge in [0.25, 0.3) is 0 Å². The SMILES string of the molecule is COC(=O)C1=C(C)Nc2nnnn2[C@H]1c1cc(Br)ccc1OCc1ccccc1. The predicted molar refractivity (Wildman–Crippen MR) is 109 cm³/mol. The second kappa shape index (κ2) is 8.04. The monoisotopic (exact) mass is 455 g/mol. The number of carbonyl (C=O) groups excluding carboxylic acids is 1. The normalized spacial score (nSPS) is 15.5. The van der Waals surface area contributed by atoms with Crippen LogP contribution in [-0.4, -0.2) is 33.3 Å². The van der Waals surface area contributed by atoms with E-state index >= 15 is 0 Å². The molecule has 0 radical (unpaired) electrons. The molecule has 0 amide bonds. The number of esters is 1.